The lowest BCUT2D eigenvalue weighted by Gasteiger charge is -2.28. The summed E-state index contributed by atoms with van der Waals surface area (Å²) < 4.78 is 0. The number of hydrogen-bond donors (Lipinski definition) is 3. The molecule has 5 nitrogen and oxygen atoms in total. The van der Waals surface area contributed by atoms with Gasteiger partial charge in [-0.2, -0.15) is 0 Å². The Balaban J connectivity index is 2.55. The molecular weight excluding hydrogens is 208 g/mol. The summed E-state index contributed by atoms with van der Waals surface area (Å²) in [6.07, 6.45) is 1.90. The molecular formula is C11H20N2O3. The van der Waals surface area contributed by atoms with Crippen molar-refractivity contribution in [2.45, 2.75) is 52.1 Å². The molecule has 0 aromatic heterocycles. The molecule has 1 aliphatic rings. The average molecular weight is 228 g/mol. The Bertz CT molecular complexity index is 303. The molecule has 0 heterocycles. The highest BCUT2D eigenvalue weighted by Crippen LogP contribution is 2.34. The summed E-state index contributed by atoms with van der Waals surface area (Å²) in [4.78, 5) is 22.6. The molecule has 1 unspecified atom stereocenters. The van der Waals surface area contributed by atoms with Crippen LogP contribution in [0.2, 0.25) is 0 Å². The van der Waals surface area contributed by atoms with E-state index in [1.165, 1.54) is 0 Å². The van der Waals surface area contributed by atoms with Crippen molar-refractivity contribution in [3.63, 3.8) is 0 Å². The monoisotopic (exact) mass is 228 g/mol. The van der Waals surface area contributed by atoms with Gasteiger partial charge >= 0.3 is 12.0 Å². The zero-order valence-corrected chi connectivity index (χ0v) is 10.3. The normalized spacial score (nSPS) is 19.8. The summed E-state index contributed by atoms with van der Waals surface area (Å²) in [5, 5.41) is 14.3. The van der Waals surface area contributed by atoms with Crippen LogP contribution in [0.15, 0.2) is 0 Å². The Morgan fingerprint density at radius 3 is 2.12 bits per heavy atom. The van der Waals surface area contributed by atoms with Gasteiger partial charge in [-0.3, -0.25) is 0 Å². The van der Waals surface area contributed by atoms with Gasteiger partial charge < -0.3 is 15.7 Å². The largest absolute Gasteiger partial charge is 0.480 e. The van der Waals surface area contributed by atoms with Crippen LogP contribution < -0.4 is 10.6 Å². The minimum atomic E-state index is -1.01. The van der Waals surface area contributed by atoms with Crippen LogP contribution in [0, 0.1) is 5.41 Å². The third-order valence-electron chi connectivity index (χ3n) is 2.80. The third-order valence-corrected chi connectivity index (χ3v) is 2.80. The molecule has 0 spiro atoms. The molecule has 0 aromatic rings. The van der Waals surface area contributed by atoms with Gasteiger partial charge in [0.05, 0.1) is 0 Å². The minimum Gasteiger partial charge on any atom is -0.480 e. The quantitative estimate of drug-likeness (QED) is 0.682. The molecule has 92 valence electrons. The van der Waals surface area contributed by atoms with E-state index in [1.54, 1.807) is 20.8 Å². The van der Waals surface area contributed by atoms with E-state index >= 15 is 0 Å². The van der Waals surface area contributed by atoms with Crippen molar-refractivity contribution >= 4 is 12.0 Å². The molecule has 0 radical (unpaired) electrons. The third kappa shape index (κ3) is 3.40. The molecule has 1 aliphatic carbocycles. The fraction of sp³-hybridized carbons (Fsp3) is 0.818. The zero-order valence-electron chi connectivity index (χ0n) is 10.3. The van der Waals surface area contributed by atoms with Gasteiger partial charge in [0, 0.05) is 5.54 Å². The van der Waals surface area contributed by atoms with Crippen molar-refractivity contribution in [1.29, 1.82) is 0 Å². The first-order valence-corrected chi connectivity index (χ1v) is 5.45. The van der Waals surface area contributed by atoms with Crippen LogP contribution in [0.3, 0.4) is 0 Å². The number of carbonyl (C=O) groups is 2. The van der Waals surface area contributed by atoms with Gasteiger partial charge in [-0.05, 0) is 25.2 Å². The molecule has 0 bridgehead atoms. The van der Waals surface area contributed by atoms with Crippen molar-refractivity contribution in [3.05, 3.63) is 0 Å². The predicted octanol–water partition coefficient (Wildman–Crippen LogP) is 1.34. The van der Waals surface area contributed by atoms with E-state index in [1.807, 2.05) is 6.92 Å². The maximum Gasteiger partial charge on any atom is 0.326 e. The first-order chi connectivity index (χ1) is 7.14. The highest BCUT2D eigenvalue weighted by molar-refractivity contribution is 5.83. The fourth-order valence-electron chi connectivity index (χ4n) is 1.40. The molecule has 5 heteroatoms. The van der Waals surface area contributed by atoms with E-state index in [9.17, 15) is 9.59 Å². The van der Waals surface area contributed by atoms with Crippen molar-refractivity contribution in [1.82, 2.24) is 10.6 Å². The van der Waals surface area contributed by atoms with Crippen LogP contribution >= 0.6 is 0 Å². The van der Waals surface area contributed by atoms with Crippen LogP contribution in [-0.2, 0) is 4.79 Å². The van der Waals surface area contributed by atoms with E-state index in [0.717, 1.165) is 12.8 Å². The SMILES string of the molecule is CC1(NC(=O)NC(C(=O)O)C(C)(C)C)CC1. The van der Waals surface area contributed by atoms with Gasteiger partial charge in [0.25, 0.3) is 0 Å². The Labute approximate surface area is 95.6 Å². The number of carboxylic acid groups (broad SMARTS) is 1. The molecule has 1 fully saturated rings. The van der Waals surface area contributed by atoms with Gasteiger partial charge in [-0.15, -0.1) is 0 Å². The number of carboxylic acids is 1. The summed E-state index contributed by atoms with van der Waals surface area (Å²) in [6, 6.07) is -1.28. The van der Waals surface area contributed by atoms with E-state index in [-0.39, 0.29) is 5.54 Å². The predicted molar refractivity (Wildman–Crippen MR) is 60.2 cm³/mol. The Morgan fingerprint density at radius 2 is 1.81 bits per heavy atom. The summed E-state index contributed by atoms with van der Waals surface area (Å²) in [5.41, 5.74) is -0.640. The number of urea groups is 1. The number of hydrogen-bond acceptors (Lipinski definition) is 2. The van der Waals surface area contributed by atoms with Crippen LogP contribution in [0.25, 0.3) is 0 Å². The van der Waals surface area contributed by atoms with E-state index < -0.39 is 23.5 Å². The molecule has 0 saturated heterocycles. The highest BCUT2D eigenvalue weighted by atomic mass is 16.4. The molecule has 0 aliphatic heterocycles. The van der Waals surface area contributed by atoms with Gasteiger partial charge in [-0.25, -0.2) is 9.59 Å². The van der Waals surface area contributed by atoms with Crippen molar-refractivity contribution in [3.8, 4) is 0 Å². The Hall–Kier alpha value is -1.26. The first kappa shape index (κ1) is 12.8. The summed E-state index contributed by atoms with van der Waals surface area (Å²) in [7, 11) is 0. The van der Waals surface area contributed by atoms with Crippen LogP contribution in [0.5, 0.6) is 0 Å². The Morgan fingerprint density at radius 1 is 1.31 bits per heavy atom. The van der Waals surface area contributed by atoms with Crippen LogP contribution in [0.1, 0.15) is 40.5 Å². The lowest BCUT2D eigenvalue weighted by Crippen LogP contribution is -2.54. The zero-order chi connectivity index (χ0) is 12.6. The molecule has 3 N–H and O–H groups in total. The average Bonchev–Trinajstić information content (AvgIpc) is 2.76. The second-order valence-electron chi connectivity index (χ2n) is 5.80. The number of aliphatic carboxylic acids is 1. The molecule has 1 saturated carbocycles. The van der Waals surface area contributed by atoms with Crippen LogP contribution in [-0.4, -0.2) is 28.7 Å². The second-order valence-corrected chi connectivity index (χ2v) is 5.80. The van der Waals surface area contributed by atoms with Crippen molar-refractivity contribution in [2.75, 3.05) is 0 Å². The molecule has 2 amide bonds. The van der Waals surface area contributed by atoms with Gasteiger partial charge in [-0.1, -0.05) is 20.8 Å². The lowest BCUT2D eigenvalue weighted by atomic mass is 9.87. The van der Waals surface area contributed by atoms with Crippen molar-refractivity contribution in [2.24, 2.45) is 5.41 Å². The molecule has 0 aromatic carbocycles. The number of carbonyl (C=O) groups excluding carboxylic acids is 1. The van der Waals surface area contributed by atoms with Gasteiger partial charge in [0.15, 0.2) is 0 Å². The number of rotatable bonds is 3. The standard InChI is InChI=1S/C11H20N2O3/c1-10(2,3)7(8(14)15)12-9(16)13-11(4)5-6-11/h7H,5-6H2,1-4H3,(H,14,15)(H2,12,13,16). The van der Waals surface area contributed by atoms with Gasteiger partial charge in [0.2, 0.25) is 0 Å². The molecule has 1 atom stereocenters. The minimum absolute atomic E-state index is 0.134. The first-order valence-electron chi connectivity index (χ1n) is 5.45. The smallest absolute Gasteiger partial charge is 0.326 e. The van der Waals surface area contributed by atoms with Crippen LogP contribution in [0.4, 0.5) is 4.79 Å². The lowest BCUT2D eigenvalue weighted by molar-refractivity contribution is -0.141. The van der Waals surface area contributed by atoms with E-state index in [2.05, 4.69) is 10.6 Å². The van der Waals surface area contributed by atoms with Gasteiger partial charge in [0.1, 0.15) is 6.04 Å². The maximum atomic E-state index is 11.6. The topological polar surface area (TPSA) is 78.4 Å². The molecule has 1 rings (SSSR count). The fourth-order valence-corrected chi connectivity index (χ4v) is 1.40. The maximum absolute atomic E-state index is 11.6. The summed E-state index contributed by atoms with van der Waals surface area (Å²) in [6.45, 7) is 7.29. The summed E-state index contributed by atoms with van der Waals surface area (Å²) >= 11 is 0. The number of nitrogens with one attached hydrogen (secondary N) is 2. The second kappa shape index (κ2) is 3.96. The highest BCUT2D eigenvalue weighted by Gasteiger charge is 2.40. The Kier molecular flexibility index (Phi) is 3.17. The van der Waals surface area contributed by atoms with E-state index in [0.29, 0.717) is 0 Å². The van der Waals surface area contributed by atoms with E-state index in [4.69, 9.17) is 5.11 Å². The van der Waals surface area contributed by atoms with Crippen molar-refractivity contribution < 1.29 is 14.7 Å². The summed E-state index contributed by atoms with van der Waals surface area (Å²) in [5.74, 6) is -1.01. The molecule has 16 heavy (non-hydrogen) atoms. The number of amides is 2.